The van der Waals surface area contributed by atoms with Crippen LogP contribution in [0.15, 0.2) is 0 Å². The number of hydrogen-bond donors (Lipinski definition) is 0. The van der Waals surface area contributed by atoms with Crippen molar-refractivity contribution in [1.29, 1.82) is 0 Å². The van der Waals surface area contributed by atoms with Crippen LogP contribution in [0.4, 0.5) is 0 Å². The molecule has 0 radical (unpaired) electrons. The topological polar surface area (TPSA) is 12.5 Å². The highest BCUT2D eigenvalue weighted by molar-refractivity contribution is 5.85. The smallest absolute Gasteiger partial charge is 0.0995 e. The predicted molar refractivity (Wildman–Crippen MR) is 33.2 cm³/mol. The molecule has 8 heavy (non-hydrogen) atoms. The van der Waals surface area contributed by atoms with Crippen LogP contribution >= 0.6 is 12.4 Å². The quantitative estimate of drug-likeness (QED) is 0.479. The van der Waals surface area contributed by atoms with Gasteiger partial charge in [0.05, 0.1) is 12.8 Å². The summed E-state index contributed by atoms with van der Waals surface area (Å²) >= 11 is 0. The SMILES string of the molecule is C1C[N@]2CO[C@@H]1C2.Cl. The highest BCUT2D eigenvalue weighted by Crippen LogP contribution is 2.18. The molecular formula is C5H10ClNO. The van der Waals surface area contributed by atoms with Crippen molar-refractivity contribution in [2.45, 2.75) is 12.5 Å². The maximum absolute atomic E-state index is 5.28. The molecule has 2 aliphatic rings. The third-order valence-corrected chi connectivity index (χ3v) is 1.72. The molecule has 2 aliphatic heterocycles. The van der Waals surface area contributed by atoms with E-state index < -0.39 is 0 Å². The second-order valence-electron chi connectivity index (χ2n) is 2.28. The third-order valence-electron chi connectivity index (χ3n) is 1.72. The largest absolute Gasteiger partial charge is 0.361 e. The van der Waals surface area contributed by atoms with Crippen LogP contribution in [0.25, 0.3) is 0 Å². The van der Waals surface area contributed by atoms with Crippen molar-refractivity contribution >= 4 is 12.4 Å². The minimum absolute atomic E-state index is 0. The fourth-order valence-electron chi connectivity index (χ4n) is 1.26. The highest BCUT2D eigenvalue weighted by Gasteiger charge is 2.29. The summed E-state index contributed by atoms with van der Waals surface area (Å²) in [6.45, 7) is 3.36. The second-order valence-corrected chi connectivity index (χ2v) is 2.28. The number of ether oxygens (including phenoxy) is 1. The Hall–Kier alpha value is 0.210. The lowest BCUT2D eigenvalue weighted by Crippen LogP contribution is -2.17. The minimum Gasteiger partial charge on any atom is -0.361 e. The molecule has 0 N–H and O–H groups in total. The Morgan fingerprint density at radius 1 is 1.50 bits per heavy atom. The Balaban J connectivity index is 0.000000320. The van der Waals surface area contributed by atoms with E-state index in [-0.39, 0.29) is 12.4 Å². The zero-order valence-electron chi connectivity index (χ0n) is 4.67. The van der Waals surface area contributed by atoms with Crippen molar-refractivity contribution < 1.29 is 4.74 Å². The zero-order valence-corrected chi connectivity index (χ0v) is 5.49. The fourth-order valence-corrected chi connectivity index (χ4v) is 1.26. The first-order valence-corrected chi connectivity index (χ1v) is 2.79. The average molecular weight is 136 g/mol. The van der Waals surface area contributed by atoms with Crippen molar-refractivity contribution in [3.8, 4) is 0 Å². The average Bonchev–Trinajstić information content (AvgIpc) is 2.22. The number of hydrogen-bond acceptors (Lipinski definition) is 2. The lowest BCUT2D eigenvalue weighted by molar-refractivity contribution is 0.0511. The first-order valence-electron chi connectivity index (χ1n) is 2.79. The summed E-state index contributed by atoms with van der Waals surface area (Å²) in [6.07, 6.45) is 1.86. The van der Waals surface area contributed by atoms with Gasteiger partial charge in [0.2, 0.25) is 0 Å². The van der Waals surface area contributed by atoms with Gasteiger partial charge in [0.15, 0.2) is 0 Å². The molecule has 2 atom stereocenters. The van der Waals surface area contributed by atoms with Gasteiger partial charge in [0.25, 0.3) is 0 Å². The lowest BCUT2D eigenvalue weighted by atomic mass is 10.3. The van der Waals surface area contributed by atoms with E-state index in [9.17, 15) is 0 Å². The molecule has 0 unspecified atom stereocenters. The van der Waals surface area contributed by atoms with Gasteiger partial charge in [-0.25, -0.2) is 0 Å². The van der Waals surface area contributed by atoms with Gasteiger partial charge in [0.1, 0.15) is 0 Å². The molecule has 0 aliphatic carbocycles. The Morgan fingerprint density at radius 2 is 2.38 bits per heavy atom. The number of fused-ring (bicyclic) bond motifs is 2. The van der Waals surface area contributed by atoms with Gasteiger partial charge in [-0.15, -0.1) is 12.4 Å². The summed E-state index contributed by atoms with van der Waals surface area (Å²) in [4.78, 5) is 2.34. The molecule has 0 saturated carbocycles. The number of halogens is 1. The maximum Gasteiger partial charge on any atom is 0.0995 e. The summed E-state index contributed by atoms with van der Waals surface area (Å²) < 4.78 is 5.28. The van der Waals surface area contributed by atoms with E-state index in [0.717, 1.165) is 6.73 Å². The number of nitrogens with zero attached hydrogens (tertiary/aromatic N) is 1. The number of rotatable bonds is 0. The summed E-state index contributed by atoms with van der Waals surface area (Å²) in [6, 6.07) is 0. The molecule has 0 aromatic rings. The molecule has 48 valence electrons. The third kappa shape index (κ3) is 0.835. The predicted octanol–water partition coefficient (Wildman–Crippen LogP) is 0.470. The Morgan fingerprint density at radius 3 is 2.50 bits per heavy atom. The monoisotopic (exact) mass is 135 g/mol. The van der Waals surface area contributed by atoms with Crippen molar-refractivity contribution in [2.24, 2.45) is 0 Å². The van der Waals surface area contributed by atoms with Crippen LogP contribution in [0.2, 0.25) is 0 Å². The normalized spacial score (nSPS) is 42.0. The zero-order chi connectivity index (χ0) is 4.69. The van der Waals surface area contributed by atoms with Crippen LogP contribution in [-0.2, 0) is 4.74 Å². The molecular weight excluding hydrogens is 126 g/mol. The van der Waals surface area contributed by atoms with E-state index in [1.165, 1.54) is 19.5 Å². The van der Waals surface area contributed by atoms with Crippen molar-refractivity contribution in [2.75, 3.05) is 19.8 Å². The van der Waals surface area contributed by atoms with Gasteiger partial charge in [-0.1, -0.05) is 0 Å². The van der Waals surface area contributed by atoms with E-state index in [4.69, 9.17) is 4.74 Å². The molecule has 2 saturated heterocycles. The highest BCUT2D eigenvalue weighted by atomic mass is 35.5. The van der Waals surface area contributed by atoms with Gasteiger partial charge >= 0.3 is 0 Å². The molecule has 2 rings (SSSR count). The van der Waals surface area contributed by atoms with Crippen LogP contribution in [0, 0.1) is 0 Å². The standard InChI is InChI=1S/C5H9NO.ClH/c1-2-6-3-5(1)7-4-6;/h5H,1-4H2;1H/t5-;/m0./s1. The van der Waals surface area contributed by atoms with Gasteiger partial charge < -0.3 is 4.74 Å². The molecule has 3 heteroatoms. The van der Waals surface area contributed by atoms with Crippen LogP contribution in [0.3, 0.4) is 0 Å². The van der Waals surface area contributed by atoms with Crippen LogP contribution < -0.4 is 0 Å². The summed E-state index contributed by atoms with van der Waals surface area (Å²) in [5.41, 5.74) is 0. The Labute approximate surface area is 55.2 Å². The van der Waals surface area contributed by atoms with Crippen molar-refractivity contribution in [1.82, 2.24) is 4.90 Å². The fraction of sp³-hybridized carbons (Fsp3) is 1.00. The molecule has 2 heterocycles. The molecule has 2 nitrogen and oxygen atoms in total. The van der Waals surface area contributed by atoms with Gasteiger partial charge in [-0.2, -0.15) is 0 Å². The van der Waals surface area contributed by atoms with Gasteiger partial charge in [-0.3, -0.25) is 4.90 Å². The second kappa shape index (κ2) is 2.21. The van der Waals surface area contributed by atoms with Crippen LogP contribution in [0.1, 0.15) is 6.42 Å². The molecule has 0 aromatic carbocycles. The van der Waals surface area contributed by atoms with Crippen molar-refractivity contribution in [3.05, 3.63) is 0 Å². The minimum atomic E-state index is 0. The Kier molecular flexibility index (Phi) is 1.75. The van der Waals surface area contributed by atoms with E-state index in [0.29, 0.717) is 6.10 Å². The molecule has 0 aromatic heterocycles. The van der Waals surface area contributed by atoms with E-state index in [1.54, 1.807) is 0 Å². The molecule has 0 spiro atoms. The summed E-state index contributed by atoms with van der Waals surface area (Å²) in [5, 5.41) is 0. The van der Waals surface area contributed by atoms with Gasteiger partial charge in [-0.05, 0) is 6.42 Å². The first-order chi connectivity index (χ1) is 3.45. The maximum atomic E-state index is 5.28. The van der Waals surface area contributed by atoms with E-state index >= 15 is 0 Å². The van der Waals surface area contributed by atoms with Crippen molar-refractivity contribution in [3.63, 3.8) is 0 Å². The molecule has 2 bridgehead atoms. The van der Waals surface area contributed by atoms with E-state index in [1.807, 2.05) is 0 Å². The Bertz CT molecular complexity index is 70.5. The van der Waals surface area contributed by atoms with Gasteiger partial charge in [0, 0.05) is 13.1 Å². The first kappa shape index (κ1) is 6.33. The molecule has 2 fully saturated rings. The summed E-state index contributed by atoms with van der Waals surface area (Å²) in [7, 11) is 0. The van der Waals surface area contributed by atoms with Crippen LogP contribution in [0.5, 0.6) is 0 Å². The van der Waals surface area contributed by atoms with Crippen LogP contribution in [-0.4, -0.2) is 30.8 Å². The van der Waals surface area contributed by atoms with E-state index in [2.05, 4.69) is 4.90 Å². The lowest BCUT2D eigenvalue weighted by Gasteiger charge is -2.10. The molecule has 0 amide bonds. The summed E-state index contributed by atoms with van der Waals surface area (Å²) in [5.74, 6) is 0.